The van der Waals surface area contributed by atoms with Crippen LogP contribution in [0.25, 0.3) is 67.5 Å². The van der Waals surface area contributed by atoms with Gasteiger partial charge in [0, 0.05) is 141 Å². The monoisotopic (exact) mass is 1390 g/mol. The molecule has 0 saturated carbocycles. The zero-order valence-electron chi connectivity index (χ0n) is 61.2. The summed E-state index contributed by atoms with van der Waals surface area (Å²) in [5.41, 5.74) is 5.72. The lowest BCUT2D eigenvalue weighted by atomic mass is 10.0. The third-order valence-corrected chi connectivity index (χ3v) is 14.4. The van der Waals surface area contributed by atoms with E-state index >= 15 is 13.2 Å². The predicted molar refractivity (Wildman–Crippen MR) is 367 cm³/mol. The summed E-state index contributed by atoms with van der Waals surface area (Å²) in [6, 6.07) is 11.1. The summed E-state index contributed by atoms with van der Waals surface area (Å²) in [7, 11) is 3.57. The van der Waals surface area contributed by atoms with Crippen LogP contribution in [0.5, 0.6) is 0 Å². The molecule has 0 saturated heterocycles. The molecular weight excluding hydrogens is 1300 g/mol. The van der Waals surface area contributed by atoms with Crippen LogP contribution in [0.15, 0.2) is 91.8 Å². The molecule has 0 bridgehead atoms. The largest absolute Gasteiger partial charge is 0.453 e. The SMILES string of the molecule is [2H]C([2H])(Nc1nccc(-c2cn(C(C)C)nc2-c2cc(Cl)cc(C)c2F)n1)C(C)NC(=O)OC.[2H]C([2H])(Nc1nccc(-c2cn(C(C)C)nc2-c2cc(Cl)cc(C)c2F)n1)[C@@H](C)NC(=O)OC.[2H]C([2H])(Nc1nccc(-c2cn(C(C)C)nc2-c2cc(Cl)cc(C)c2F)n1)[C@H](C)NC(=O)OC. The van der Waals surface area contributed by atoms with Gasteiger partial charge in [-0.1, -0.05) is 34.8 Å². The molecule has 0 radical (unpaired) electrons. The third-order valence-electron chi connectivity index (χ3n) is 13.8. The smallest absolute Gasteiger partial charge is 0.407 e. The molecule has 6 heterocycles. The van der Waals surface area contributed by atoms with E-state index in [1.54, 1.807) is 71.6 Å². The summed E-state index contributed by atoms with van der Waals surface area (Å²) in [4.78, 5) is 59.9. The second-order valence-electron chi connectivity index (χ2n) is 22.3. The molecule has 24 nitrogen and oxygen atoms in total. The summed E-state index contributed by atoms with van der Waals surface area (Å²) in [6.45, 7) is 14.6. The Bertz CT molecular complexity index is 4050. The van der Waals surface area contributed by atoms with Gasteiger partial charge in [-0.25, -0.2) is 57.5 Å². The first-order valence-corrected chi connectivity index (χ1v) is 30.9. The molecule has 0 aliphatic heterocycles. The fraction of sp³-hybridized carbons (Fsp3) is 0.364. The molecule has 510 valence electrons. The second-order valence-corrected chi connectivity index (χ2v) is 23.6. The molecule has 96 heavy (non-hydrogen) atoms. The van der Waals surface area contributed by atoms with E-state index in [0.29, 0.717) is 82.6 Å². The normalized spacial score (nSPS) is 13.4. The quantitative estimate of drug-likeness (QED) is 0.0365. The third kappa shape index (κ3) is 19.5. The maximum absolute atomic E-state index is 15.1. The zero-order valence-corrected chi connectivity index (χ0v) is 57.5. The molecule has 1 unspecified atom stereocenters. The number of rotatable bonds is 21. The van der Waals surface area contributed by atoms with E-state index in [1.807, 2.05) is 41.5 Å². The number of aromatic nitrogens is 12. The van der Waals surface area contributed by atoms with Gasteiger partial charge < -0.3 is 46.1 Å². The summed E-state index contributed by atoms with van der Waals surface area (Å²) >= 11 is 18.6. The van der Waals surface area contributed by atoms with Gasteiger partial charge >= 0.3 is 18.3 Å². The first-order chi connectivity index (χ1) is 47.8. The average Bonchev–Trinajstić information content (AvgIpc) is 1.63. The Morgan fingerprint density at radius 1 is 0.448 bits per heavy atom. The summed E-state index contributed by atoms with van der Waals surface area (Å²) in [5, 5.41) is 29.8. The number of alkyl carbamates (subject to hydrolysis) is 3. The van der Waals surface area contributed by atoms with Crippen LogP contribution in [0.4, 0.5) is 45.4 Å². The number of amides is 3. The van der Waals surface area contributed by atoms with Gasteiger partial charge in [0.2, 0.25) is 17.8 Å². The van der Waals surface area contributed by atoms with Gasteiger partial charge in [-0.15, -0.1) is 0 Å². The second kappa shape index (κ2) is 33.7. The van der Waals surface area contributed by atoms with Crippen molar-refractivity contribution in [3.8, 4) is 67.5 Å². The molecule has 0 spiro atoms. The minimum Gasteiger partial charge on any atom is -0.453 e. The standard InChI is InChI=1S/3C22H26ClFN6O2/c3*1-12(2)30-11-17(20(29-30)16-9-15(23)8-13(3)19(16)24)18-6-7-25-21(28-18)26-10-14(4)27-22(31)32-5/h3*6-9,11-12,14H,10H2,1-5H3,(H,27,31)(H,25,26,28)/t2*14-;/m10./s1/i3*10D2. The van der Waals surface area contributed by atoms with Gasteiger partial charge in [0.25, 0.3) is 0 Å². The molecule has 3 aromatic carbocycles. The Kier molecular flexibility index (Phi) is 22.8. The Hall–Kier alpha value is -9.60. The highest BCUT2D eigenvalue weighted by molar-refractivity contribution is 6.31. The number of anilines is 3. The number of carbonyl (C=O) groups excluding carboxylic acids is 3. The van der Waals surface area contributed by atoms with Crippen LogP contribution in [-0.4, -0.2) is 136 Å². The first-order valence-electron chi connectivity index (χ1n) is 32.8. The number of nitrogens with one attached hydrogen (secondary N) is 6. The number of hydrogen-bond acceptors (Lipinski definition) is 18. The molecule has 0 aliphatic rings. The fourth-order valence-electron chi connectivity index (χ4n) is 8.86. The zero-order chi connectivity index (χ0) is 75.6. The van der Waals surface area contributed by atoms with E-state index in [-0.39, 0.29) is 52.7 Å². The number of ether oxygens (including phenoxy) is 3. The maximum atomic E-state index is 15.1. The summed E-state index contributed by atoms with van der Waals surface area (Å²) < 4.78 is 113. The number of aryl methyl sites for hydroxylation is 3. The number of carbonyl (C=O) groups is 3. The van der Waals surface area contributed by atoms with Gasteiger partial charge in [-0.05, 0) is 154 Å². The molecular formula is C66H78Cl3F3N18O6. The highest BCUT2D eigenvalue weighted by Crippen LogP contribution is 2.39. The highest BCUT2D eigenvalue weighted by Gasteiger charge is 2.25. The molecule has 30 heteroatoms. The molecule has 6 N–H and O–H groups in total. The topological polar surface area (TPSA) is 282 Å². The minimum absolute atomic E-state index is 0.00495. The number of nitrogens with zero attached hydrogens (tertiary/aromatic N) is 12. The number of methoxy groups -OCH3 is 3. The van der Waals surface area contributed by atoms with Crippen LogP contribution in [0.2, 0.25) is 15.1 Å². The van der Waals surface area contributed by atoms with Crippen LogP contribution in [0.3, 0.4) is 0 Å². The predicted octanol–water partition coefficient (Wildman–Crippen LogP) is 14.5. The fourth-order valence-corrected chi connectivity index (χ4v) is 9.68. The van der Waals surface area contributed by atoms with E-state index in [0.717, 1.165) is 0 Å². The lowest BCUT2D eigenvalue weighted by Crippen LogP contribution is -2.37. The lowest BCUT2D eigenvalue weighted by molar-refractivity contribution is 0.167. The van der Waals surface area contributed by atoms with Crippen molar-refractivity contribution in [1.29, 1.82) is 0 Å². The molecule has 0 fully saturated rings. The molecule has 6 aromatic heterocycles. The van der Waals surface area contributed by atoms with Crippen molar-refractivity contribution >= 4 is 70.9 Å². The number of halogens is 6. The lowest BCUT2D eigenvalue weighted by Gasteiger charge is -2.14. The van der Waals surface area contributed by atoms with Crippen molar-refractivity contribution in [1.82, 2.24) is 75.2 Å². The Morgan fingerprint density at radius 2 is 0.698 bits per heavy atom. The summed E-state index contributed by atoms with van der Waals surface area (Å²) in [5.74, 6) is -1.38. The van der Waals surface area contributed by atoms with Crippen molar-refractivity contribution < 1.29 is 50.0 Å². The molecule has 9 rings (SSSR count). The van der Waals surface area contributed by atoms with E-state index in [1.165, 1.54) is 97.1 Å². The van der Waals surface area contributed by atoms with Crippen LogP contribution in [0.1, 0.15) is 105 Å². The van der Waals surface area contributed by atoms with Crippen molar-refractivity contribution in [3.05, 3.63) is 141 Å². The van der Waals surface area contributed by atoms with E-state index in [2.05, 4.69) is 91.3 Å². The number of benzene rings is 3. The van der Waals surface area contributed by atoms with Gasteiger partial charge in [0.05, 0.1) is 46.6 Å². The van der Waals surface area contributed by atoms with Gasteiger partial charge in [0.1, 0.15) is 34.5 Å². The van der Waals surface area contributed by atoms with Crippen LogP contribution < -0.4 is 31.9 Å². The molecule has 3 atom stereocenters. The Morgan fingerprint density at radius 3 is 0.927 bits per heavy atom. The molecule has 9 aromatic rings. The highest BCUT2D eigenvalue weighted by atomic mass is 35.5. The van der Waals surface area contributed by atoms with E-state index in [9.17, 15) is 14.4 Å². The average molecular weight is 1390 g/mol. The van der Waals surface area contributed by atoms with Crippen molar-refractivity contribution in [2.45, 2.75) is 119 Å². The first kappa shape index (κ1) is 65.1. The van der Waals surface area contributed by atoms with E-state index in [4.69, 9.17) is 43.0 Å². The Labute approximate surface area is 578 Å². The minimum atomic E-state index is -2.10. The van der Waals surface area contributed by atoms with Crippen molar-refractivity contribution in [3.63, 3.8) is 0 Å². The van der Waals surface area contributed by atoms with Gasteiger partial charge in [-0.3, -0.25) is 14.0 Å². The van der Waals surface area contributed by atoms with Gasteiger partial charge in [-0.2, -0.15) is 15.3 Å². The van der Waals surface area contributed by atoms with Crippen LogP contribution >= 0.6 is 34.8 Å². The van der Waals surface area contributed by atoms with Crippen molar-refractivity contribution in [2.24, 2.45) is 0 Å². The van der Waals surface area contributed by atoms with E-state index < -0.39 is 73.3 Å². The number of hydrogen-bond donors (Lipinski definition) is 6. The van der Waals surface area contributed by atoms with Crippen molar-refractivity contribution in [2.75, 3.05) is 56.8 Å². The maximum Gasteiger partial charge on any atom is 0.407 e. The Balaban J connectivity index is 0.000000214. The van der Waals surface area contributed by atoms with Crippen LogP contribution in [-0.2, 0) is 14.2 Å². The molecule has 3 amide bonds. The van der Waals surface area contributed by atoms with Crippen LogP contribution in [0, 0.1) is 38.2 Å². The van der Waals surface area contributed by atoms with Gasteiger partial charge in [0.15, 0.2) is 0 Å². The summed E-state index contributed by atoms with van der Waals surface area (Å²) in [6.07, 6.45) is 7.31. The molecule has 0 aliphatic carbocycles.